The van der Waals surface area contributed by atoms with Gasteiger partial charge in [-0.05, 0) is 49.1 Å². The zero-order valence-corrected chi connectivity index (χ0v) is 22.8. The van der Waals surface area contributed by atoms with Crippen LogP contribution in [-0.4, -0.2) is 35.5 Å². The Hall–Kier alpha value is -4.34. The summed E-state index contributed by atoms with van der Waals surface area (Å²) < 4.78 is 10.8. The minimum Gasteiger partial charge on any atom is -0.462 e. The number of benzene rings is 2. The van der Waals surface area contributed by atoms with Crippen LogP contribution < -0.4 is 5.32 Å². The largest absolute Gasteiger partial charge is 0.462 e. The van der Waals surface area contributed by atoms with E-state index in [0.29, 0.717) is 27.2 Å². The summed E-state index contributed by atoms with van der Waals surface area (Å²) >= 11 is 2.77. The predicted molar refractivity (Wildman–Crippen MR) is 154 cm³/mol. The van der Waals surface area contributed by atoms with Gasteiger partial charge in [-0.1, -0.05) is 54.6 Å². The van der Waals surface area contributed by atoms with Crippen LogP contribution in [0.2, 0.25) is 0 Å². The van der Waals surface area contributed by atoms with Gasteiger partial charge in [0.05, 0.1) is 33.8 Å². The van der Waals surface area contributed by atoms with Crippen molar-refractivity contribution in [2.75, 3.05) is 11.9 Å². The molecule has 5 rings (SSSR count). The molecule has 3 aromatic heterocycles. The monoisotopic (exact) mass is 556 g/mol. The van der Waals surface area contributed by atoms with Crippen LogP contribution in [0.5, 0.6) is 0 Å². The SMILES string of the molecule is CCOC(=O)c1cc(-c2ccccc2)sc1NC(=O)[C@H](C)OC(=O)c1cc(-c2cccs2)nc2ccccc12. The van der Waals surface area contributed by atoms with Gasteiger partial charge in [0, 0.05) is 10.3 Å². The Morgan fingerprint density at radius 1 is 0.897 bits per heavy atom. The van der Waals surface area contributed by atoms with E-state index in [1.165, 1.54) is 29.6 Å². The molecule has 7 nitrogen and oxygen atoms in total. The van der Waals surface area contributed by atoms with Crippen molar-refractivity contribution in [2.45, 2.75) is 20.0 Å². The number of esters is 2. The molecule has 0 unspecified atom stereocenters. The number of amides is 1. The van der Waals surface area contributed by atoms with Crippen LogP contribution in [0.15, 0.2) is 84.2 Å². The average molecular weight is 557 g/mol. The van der Waals surface area contributed by atoms with Gasteiger partial charge >= 0.3 is 11.9 Å². The minimum atomic E-state index is -1.13. The molecule has 1 atom stereocenters. The Bertz CT molecular complexity index is 1640. The number of thiophene rings is 2. The number of carbonyl (C=O) groups excluding carboxylic acids is 3. The average Bonchev–Trinajstić information content (AvgIpc) is 3.64. The van der Waals surface area contributed by atoms with Crippen LogP contribution in [-0.2, 0) is 14.3 Å². The molecule has 5 aromatic rings. The zero-order valence-electron chi connectivity index (χ0n) is 21.2. The van der Waals surface area contributed by atoms with Crippen LogP contribution >= 0.6 is 22.7 Å². The van der Waals surface area contributed by atoms with E-state index in [-0.39, 0.29) is 12.2 Å². The molecule has 3 heterocycles. The number of fused-ring (bicyclic) bond motifs is 1. The normalized spacial score (nSPS) is 11.6. The number of rotatable bonds is 8. The van der Waals surface area contributed by atoms with Crippen molar-refractivity contribution in [3.05, 3.63) is 95.4 Å². The van der Waals surface area contributed by atoms with Gasteiger partial charge in [-0.15, -0.1) is 22.7 Å². The molecule has 0 radical (unpaired) electrons. The summed E-state index contributed by atoms with van der Waals surface area (Å²) in [6, 6.07) is 24.0. The van der Waals surface area contributed by atoms with Gasteiger partial charge in [0.2, 0.25) is 0 Å². The first-order valence-electron chi connectivity index (χ1n) is 12.3. The van der Waals surface area contributed by atoms with E-state index in [1.54, 1.807) is 25.1 Å². The number of carbonyl (C=O) groups is 3. The van der Waals surface area contributed by atoms with Gasteiger partial charge < -0.3 is 14.8 Å². The molecular weight excluding hydrogens is 532 g/mol. The predicted octanol–water partition coefficient (Wildman–Crippen LogP) is 7.05. The van der Waals surface area contributed by atoms with Gasteiger partial charge in [-0.25, -0.2) is 14.6 Å². The molecule has 1 N–H and O–H groups in total. The van der Waals surface area contributed by atoms with Gasteiger partial charge in [0.15, 0.2) is 6.10 Å². The maximum atomic E-state index is 13.3. The third kappa shape index (κ3) is 5.74. The van der Waals surface area contributed by atoms with E-state index in [0.717, 1.165) is 15.3 Å². The Balaban J connectivity index is 1.39. The van der Waals surface area contributed by atoms with Crippen molar-refractivity contribution < 1.29 is 23.9 Å². The summed E-state index contributed by atoms with van der Waals surface area (Å²) in [4.78, 5) is 45.4. The summed E-state index contributed by atoms with van der Waals surface area (Å²) in [6.45, 7) is 3.41. The fourth-order valence-corrected chi connectivity index (χ4v) is 5.72. The van der Waals surface area contributed by atoms with Crippen molar-refractivity contribution in [1.82, 2.24) is 4.98 Å². The summed E-state index contributed by atoms with van der Waals surface area (Å²) in [7, 11) is 0. The lowest BCUT2D eigenvalue weighted by molar-refractivity contribution is -0.123. The van der Waals surface area contributed by atoms with Crippen LogP contribution in [0.4, 0.5) is 5.00 Å². The van der Waals surface area contributed by atoms with Gasteiger partial charge in [0.25, 0.3) is 5.91 Å². The lowest BCUT2D eigenvalue weighted by Crippen LogP contribution is -2.30. The molecule has 0 fully saturated rings. The van der Waals surface area contributed by atoms with E-state index in [9.17, 15) is 14.4 Å². The third-order valence-electron chi connectivity index (χ3n) is 5.89. The second kappa shape index (κ2) is 11.6. The summed E-state index contributed by atoms with van der Waals surface area (Å²) in [5.74, 6) is -1.75. The Kier molecular flexibility index (Phi) is 7.81. The number of aromatic nitrogens is 1. The zero-order chi connectivity index (χ0) is 27.4. The van der Waals surface area contributed by atoms with E-state index in [1.807, 2.05) is 66.0 Å². The molecule has 196 valence electrons. The molecule has 9 heteroatoms. The quantitative estimate of drug-likeness (QED) is 0.206. The van der Waals surface area contributed by atoms with Crippen molar-refractivity contribution in [3.63, 3.8) is 0 Å². The molecule has 1 amide bonds. The Morgan fingerprint density at radius 2 is 1.67 bits per heavy atom. The Labute approximate surface area is 233 Å². The first-order chi connectivity index (χ1) is 18.9. The molecule has 0 aliphatic carbocycles. The fraction of sp³-hybridized carbons (Fsp3) is 0.133. The number of nitrogens with zero attached hydrogens (tertiary/aromatic N) is 1. The van der Waals surface area contributed by atoms with E-state index in [2.05, 4.69) is 10.3 Å². The number of para-hydroxylation sites is 1. The highest BCUT2D eigenvalue weighted by atomic mass is 32.1. The van der Waals surface area contributed by atoms with Gasteiger partial charge in [0.1, 0.15) is 5.00 Å². The fourth-order valence-electron chi connectivity index (χ4n) is 3.97. The second-order valence-electron chi connectivity index (χ2n) is 8.53. The molecule has 0 aliphatic rings. The second-order valence-corrected chi connectivity index (χ2v) is 10.5. The van der Waals surface area contributed by atoms with Crippen molar-refractivity contribution in [2.24, 2.45) is 0 Å². The maximum Gasteiger partial charge on any atom is 0.341 e. The number of nitrogens with one attached hydrogen (secondary N) is 1. The standard InChI is InChI=1S/C30H24N2O5S2/c1-3-36-29(34)22-17-26(19-10-5-4-6-11-19)39-28(22)32-27(33)18(2)37-30(35)21-16-24(25-14-9-15-38-25)31-23-13-8-7-12-20(21)23/h4-18H,3H2,1-2H3,(H,32,33)/t18-/m0/s1. The lowest BCUT2D eigenvalue weighted by atomic mass is 10.1. The number of ether oxygens (including phenoxy) is 2. The molecule has 0 saturated heterocycles. The van der Waals surface area contributed by atoms with Crippen LogP contribution in [0.25, 0.3) is 31.9 Å². The van der Waals surface area contributed by atoms with Crippen LogP contribution in [0.1, 0.15) is 34.6 Å². The molecular formula is C30H24N2O5S2. The van der Waals surface area contributed by atoms with Crippen LogP contribution in [0, 0.1) is 0 Å². The van der Waals surface area contributed by atoms with Crippen molar-refractivity contribution >= 4 is 56.4 Å². The first kappa shape index (κ1) is 26.3. The number of hydrogen-bond donors (Lipinski definition) is 1. The van der Waals surface area contributed by atoms with E-state index in [4.69, 9.17) is 9.47 Å². The topological polar surface area (TPSA) is 94.6 Å². The first-order valence-corrected chi connectivity index (χ1v) is 14.0. The molecule has 0 saturated carbocycles. The molecule has 0 bridgehead atoms. The molecule has 39 heavy (non-hydrogen) atoms. The van der Waals surface area contributed by atoms with E-state index < -0.39 is 23.9 Å². The van der Waals surface area contributed by atoms with Crippen molar-refractivity contribution in [1.29, 1.82) is 0 Å². The van der Waals surface area contributed by atoms with Crippen molar-refractivity contribution in [3.8, 4) is 21.0 Å². The van der Waals surface area contributed by atoms with Crippen LogP contribution in [0.3, 0.4) is 0 Å². The Morgan fingerprint density at radius 3 is 2.41 bits per heavy atom. The van der Waals surface area contributed by atoms with Gasteiger partial charge in [-0.2, -0.15) is 0 Å². The highest BCUT2D eigenvalue weighted by Crippen LogP contribution is 2.36. The number of hydrogen-bond acceptors (Lipinski definition) is 8. The number of pyridine rings is 1. The lowest BCUT2D eigenvalue weighted by Gasteiger charge is -2.15. The highest BCUT2D eigenvalue weighted by Gasteiger charge is 2.25. The third-order valence-corrected chi connectivity index (χ3v) is 7.88. The van der Waals surface area contributed by atoms with E-state index >= 15 is 0 Å². The highest BCUT2D eigenvalue weighted by molar-refractivity contribution is 7.20. The molecule has 2 aromatic carbocycles. The maximum absolute atomic E-state index is 13.3. The minimum absolute atomic E-state index is 0.199. The van der Waals surface area contributed by atoms with Gasteiger partial charge in [-0.3, -0.25) is 4.79 Å². The number of anilines is 1. The summed E-state index contributed by atoms with van der Waals surface area (Å²) in [5, 5.41) is 5.66. The molecule has 0 aliphatic heterocycles. The summed E-state index contributed by atoms with van der Waals surface area (Å²) in [5.41, 5.74) is 2.77. The smallest absolute Gasteiger partial charge is 0.341 e. The molecule has 0 spiro atoms. The summed E-state index contributed by atoms with van der Waals surface area (Å²) in [6.07, 6.45) is -1.13.